The summed E-state index contributed by atoms with van der Waals surface area (Å²) in [6, 6.07) is 18.3. The molecule has 0 heterocycles. The van der Waals surface area contributed by atoms with E-state index in [9.17, 15) is 0 Å². The molecule has 20 heavy (non-hydrogen) atoms. The highest BCUT2D eigenvalue weighted by Crippen LogP contribution is 2.20. The number of hydrogen-bond acceptors (Lipinski definition) is 2. The minimum atomic E-state index is -0.119. The number of ether oxygens (including phenoxy) is 1. The molecule has 0 saturated heterocycles. The quantitative estimate of drug-likeness (QED) is 0.856. The standard InChI is InChI=1S/C18H23NO/c1-3-7-15-10-12-17(13-11-15)20-14(2)18(19)16-8-5-4-6-9-16/h4-6,8-14,18H,3,7,19H2,1-2H3. The van der Waals surface area contributed by atoms with Crippen LogP contribution in [0.2, 0.25) is 0 Å². The van der Waals surface area contributed by atoms with Gasteiger partial charge >= 0.3 is 0 Å². The lowest BCUT2D eigenvalue weighted by atomic mass is 10.0. The van der Waals surface area contributed by atoms with Gasteiger partial charge in [0.05, 0.1) is 6.04 Å². The van der Waals surface area contributed by atoms with E-state index in [1.165, 1.54) is 5.56 Å². The molecule has 2 heteroatoms. The van der Waals surface area contributed by atoms with Gasteiger partial charge in [-0.05, 0) is 36.6 Å². The number of hydrogen-bond donors (Lipinski definition) is 1. The van der Waals surface area contributed by atoms with Crippen LogP contribution in [0.25, 0.3) is 0 Å². The predicted molar refractivity (Wildman–Crippen MR) is 83.9 cm³/mol. The molecule has 0 bridgehead atoms. The van der Waals surface area contributed by atoms with E-state index in [-0.39, 0.29) is 12.1 Å². The summed E-state index contributed by atoms with van der Waals surface area (Å²) in [4.78, 5) is 0. The molecule has 0 aliphatic carbocycles. The Bertz CT molecular complexity index is 507. The number of nitrogens with two attached hydrogens (primary N) is 1. The van der Waals surface area contributed by atoms with Crippen molar-refractivity contribution in [1.29, 1.82) is 0 Å². The monoisotopic (exact) mass is 269 g/mol. The second-order valence-electron chi connectivity index (χ2n) is 5.15. The van der Waals surface area contributed by atoms with Crippen LogP contribution in [0.15, 0.2) is 54.6 Å². The summed E-state index contributed by atoms with van der Waals surface area (Å²) in [5, 5.41) is 0. The first-order valence-electron chi connectivity index (χ1n) is 7.27. The van der Waals surface area contributed by atoms with Gasteiger partial charge in [0.15, 0.2) is 0 Å². The highest BCUT2D eigenvalue weighted by molar-refractivity contribution is 5.28. The minimum Gasteiger partial charge on any atom is -0.489 e. The van der Waals surface area contributed by atoms with Gasteiger partial charge < -0.3 is 10.5 Å². The molecular weight excluding hydrogens is 246 g/mol. The molecule has 2 aromatic rings. The molecule has 0 aliphatic rings. The van der Waals surface area contributed by atoms with Crippen molar-refractivity contribution in [3.8, 4) is 5.75 Å². The summed E-state index contributed by atoms with van der Waals surface area (Å²) in [5.41, 5.74) is 8.69. The fourth-order valence-electron chi connectivity index (χ4n) is 2.26. The molecule has 2 atom stereocenters. The first kappa shape index (κ1) is 14.6. The topological polar surface area (TPSA) is 35.2 Å². The van der Waals surface area contributed by atoms with E-state index in [0.29, 0.717) is 0 Å². The van der Waals surface area contributed by atoms with Crippen molar-refractivity contribution >= 4 is 0 Å². The minimum absolute atomic E-state index is 0.0607. The molecule has 2 nitrogen and oxygen atoms in total. The van der Waals surface area contributed by atoms with Gasteiger partial charge in [-0.15, -0.1) is 0 Å². The molecular formula is C18H23NO. The zero-order chi connectivity index (χ0) is 14.4. The molecule has 0 amide bonds. The molecule has 2 unspecified atom stereocenters. The lowest BCUT2D eigenvalue weighted by molar-refractivity contribution is 0.190. The van der Waals surface area contributed by atoms with E-state index in [4.69, 9.17) is 10.5 Å². The maximum absolute atomic E-state index is 6.24. The molecule has 0 aliphatic heterocycles. The van der Waals surface area contributed by atoms with Gasteiger partial charge in [0, 0.05) is 0 Å². The zero-order valence-electron chi connectivity index (χ0n) is 12.3. The average Bonchev–Trinajstić information content (AvgIpc) is 2.49. The Labute approximate surface area is 121 Å². The Morgan fingerprint density at radius 3 is 2.25 bits per heavy atom. The van der Waals surface area contributed by atoms with Gasteiger partial charge in [-0.1, -0.05) is 55.8 Å². The predicted octanol–water partition coefficient (Wildman–Crippen LogP) is 4.11. The fraction of sp³-hybridized carbons (Fsp3) is 0.333. The number of benzene rings is 2. The van der Waals surface area contributed by atoms with Crippen LogP contribution in [0.3, 0.4) is 0 Å². The van der Waals surface area contributed by atoms with Gasteiger partial charge in [0.1, 0.15) is 11.9 Å². The Morgan fingerprint density at radius 2 is 1.65 bits per heavy atom. The van der Waals surface area contributed by atoms with Crippen LogP contribution >= 0.6 is 0 Å². The van der Waals surface area contributed by atoms with E-state index in [1.807, 2.05) is 49.4 Å². The first-order valence-corrected chi connectivity index (χ1v) is 7.27. The third kappa shape index (κ3) is 3.84. The maximum atomic E-state index is 6.24. The van der Waals surface area contributed by atoms with Crippen molar-refractivity contribution in [3.63, 3.8) is 0 Å². The van der Waals surface area contributed by atoms with Crippen molar-refractivity contribution in [1.82, 2.24) is 0 Å². The Hall–Kier alpha value is -1.80. The van der Waals surface area contributed by atoms with Gasteiger partial charge in [-0.2, -0.15) is 0 Å². The highest BCUT2D eigenvalue weighted by Gasteiger charge is 2.16. The van der Waals surface area contributed by atoms with E-state index in [2.05, 4.69) is 19.1 Å². The summed E-state index contributed by atoms with van der Waals surface area (Å²) >= 11 is 0. The van der Waals surface area contributed by atoms with Crippen molar-refractivity contribution in [2.75, 3.05) is 0 Å². The second-order valence-corrected chi connectivity index (χ2v) is 5.15. The van der Waals surface area contributed by atoms with Crippen molar-refractivity contribution in [2.24, 2.45) is 5.73 Å². The SMILES string of the molecule is CCCc1ccc(OC(C)C(N)c2ccccc2)cc1. The molecule has 0 saturated carbocycles. The van der Waals surface area contributed by atoms with Crippen LogP contribution in [0.5, 0.6) is 5.75 Å². The number of rotatable bonds is 6. The summed E-state index contributed by atoms with van der Waals surface area (Å²) in [5.74, 6) is 0.878. The Kier molecular flexibility index (Phi) is 5.19. The van der Waals surface area contributed by atoms with Crippen LogP contribution in [0.1, 0.15) is 37.4 Å². The van der Waals surface area contributed by atoms with Gasteiger partial charge in [-0.25, -0.2) is 0 Å². The molecule has 2 N–H and O–H groups in total. The van der Waals surface area contributed by atoms with Gasteiger partial charge in [0.25, 0.3) is 0 Å². The normalized spacial score (nSPS) is 13.8. The Morgan fingerprint density at radius 1 is 1.00 bits per heavy atom. The molecule has 2 rings (SSSR count). The third-order valence-electron chi connectivity index (χ3n) is 3.47. The first-order chi connectivity index (χ1) is 9.70. The largest absolute Gasteiger partial charge is 0.489 e. The molecule has 0 radical (unpaired) electrons. The fourth-order valence-corrected chi connectivity index (χ4v) is 2.26. The van der Waals surface area contributed by atoms with Crippen molar-refractivity contribution < 1.29 is 4.74 Å². The molecule has 2 aromatic carbocycles. The third-order valence-corrected chi connectivity index (χ3v) is 3.47. The van der Waals surface area contributed by atoms with E-state index >= 15 is 0 Å². The average molecular weight is 269 g/mol. The van der Waals surface area contributed by atoms with Gasteiger partial charge in [-0.3, -0.25) is 0 Å². The molecule has 0 fully saturated rings. The van der Waals surface area contributed by atoms with Crippen LogP contribution in [-0.4, -0.2) is 6.10 Å². The smallest absolute Gasteiger partial charge is 0.119 e. The van der Waals surface area contributed by atoms with Gasteiger partial charge in [0.2, 0.25) is 0 Å². The van der Waals surface area contributed by atoms with Crippen LogP contribution < -0.4 is 10.5 Å². The Balaban J connectivity index is 1.98. The molecule has 0 spiro atoms. The van der Waals surface area contributed by atoms with E-state index in [0.717, 1.165) is 24.2 Å². The van der Waals surface area contributed by atoms with Crippen LogP contribution in [0.4, 0.5) is 0 Å². The lowest BCUT2D eigenvalue weighted by Gasteiger charge is -2.22. The van der Waals surface area contributed by atoms with Crippen LogP contribution in [-0.2, 0) is 6.42 Å². The summed E-state index contributed by atoms with van der Waals surface area (Å²) in [6.45, 7) is 4.20. The van der Waals surface area contributed by atoms with Crippen LogP contribution in [0, 0.1) is 0 Å². The van der Waals surface area contributed by atoms with E-state index < -0.39 is 0 Å². The molecule has 106 valence electrons. The van der Waals surface area contributed by atoms with E-state index in [1.54, 1.807) is 0 Å². The number of aryl methyl sites for hydroxylation is 1. The maximum Gasteiger partial charge on any atom is 0.119 e. The molecule has 0 aromatic heterocycles. The summed E-state index contributed by atoms with van der Waals surface area (Å²) < 4.78 is 5.94. The summed E-state index contributed by atoms with van der Waals surface area (Å²) in [6.07, 6.45) is 2.21. The lowest BCUT2D eigenvalue weighted by Crippen LogP contribution is -2.28. The zero-order valence-corrected chi connectivity index (χ0v) is 12.3. The van der Waals surface area contributed by atoms with Crippen molar-refractivity contribution in [3.05, 3.63) is 65.7 Å². The second kappa shape index (κ2) is 7.11. The highest BCUT2D eigenvalue weighted by atomic mass is 16.5. The summed E-state index contributed by atoms with van der Waals surface area (Å²) in [7, 11) is 0. The van der Waals surface area contributed by atoms with Crippen molar-refractivity contribution in [2.45, 2.75) is 38.8 Å².